The highest BCUT2D eigenvalue weighted by Crippen LogP contribution is 2.40. The molecule has 2 aromatic heterocycles. The number of anilines is 1. The van der Waals surface area contributed by atoms with E-state index in [1.807, 2.05) is 0 Å². The van der Waals surface area contributed by atoms with E-state index in [0.29, 0.717) is 5.69 Å². The number of hydrogen-bond donors (Lipinski definition) is 4. The van der Waals surface area contributed by atoms with Gasteiger partial charge in [-0.3, -0.25) is 14.4 Å². The number of aryl methyl sites for hydroxylation is 1. The number of nitrogens with zero attached hydrogens (tertiary/aromatic N) is 4. The Labute approximate surface area is 192 Å². The van der Waals surface area contributed by atoms with Crippen molar-refractivity contribution in [3.8, 4) is 6.07 Å². The van der Waals surface area contributed by atoms with Crippen LogP contribution in [0.2, 0.25) is 0 Å². The number of carbonyl (C=O) groups is 3. The van der Waals surface area contributed by atoms with Gasteiger partial charge in [0.25, 0.3) is 17.6 Å². The average molecular weight is 465 g/mol. The lowest BCUT2D eigenvalue weighted by molar-refractivity contribution is -0.122. The van der Waals surface area contributed by atoms with Crippen molar-refractivity contribution in [1.82, 2.24) is 25.3 Å². The average Bonchev–Trinajstić information content (AvgIpc) is 3.41. The Kier molecular flexibility index (Phi) is 5.72. The van der Waals surface area contributed by atoms with Gasteiger partial charge in [-0.25, -0.2) is 4.39 Å². The highest BCUT2D eigenvalue weighted by Gasteiger charge is 2.49. The number of halogens is 1. The first kappa shape index (κ1) is 22.8. The number of aliphatic hydroxyl groups is 1. The van der Waals surface area contributed by atoms with Crippen molar-refractivity contribution in [3.63, 3.8) is 0 Å². The molecule has 3 aromatic rings. The Balaban J connectivity index is 1.54. The molecule has 2 amide bonds. The number of nitriles is 1. The molecule has 0 saturated heterocycles. The van der Waals surface area contributed by atoms with Crippen LogP contribution in [0.4, 0.5) is 10.1 Å². The number of ketones is 1. The van der Waals surface area contributed by atoms with Gasteiger partial charge in [-0.2, -0.15) is 20.7 Å². The van der Waals surface area contributed by atoms with Gasteiger partial charge in [0.2, 0.25) is 0 Å². The molecule has 1 aliphatic carbocycles. The molecule has 0 spiro atoms. The van der Waals surface area contributed by atoms with E-state index in [0.717, 1.165) is 6.07 Å². The van der Waals surface area contributed by atoms with E-state index < -0.39 is 35.1 Å². The Morgan fingerprint density at radius 3 is 2.71 bits per heavy atom. The molecule has 4 rings (SSSR count). The fourth-order valence-electron chi connectivity index (χ4n) is 4.13. The van der Waals surface area contributed by atoms with Crippen LogP contribution >= 0.6 is 0 Å². The maximum absolute atomic E-state index is 13.5. The van der Waals surface area contributed by atoms with E-state index in [1.54, 1.807) is 13.1 Å². The molecule has 12 heteroatoms. The molecule has 11 nitrogen and oxygen atoms in total. The van der Waals surface area contributed by atoms with Crippen LogP contribution in [-0.2, 0) is 17.4 Å². The second kappa shape index (κ2) is 8.53. The Bertz CT molecular complexity index is 1330. The number of H-pyrrole nitrogens is 1. The lowest BCUT2D eigenvalue weighted by Crippen LogP contribution is -2.58. The minimum Gasteiger partial charge on any atom is -0.393 e. The maximum Gasteiger partial charge on any atom is 0.293 e. The molecule has 2 heterocycles. The number of nitrogens with one attached hydrogen (secondary N) is 3. The van der Waals surface area contributed by atoms with Gasteiger partial charge in [0, 0.05) is 37.3 Å². The molecule has 0 atom stereocenters. The van der Waals surface area contributed by atoms with Crippen molar-refractivity contribution in [1.29, 1.82) is 5.26 Å². The summed E-state index contributed by atoms with van der Waals surface area (Å²) < 4.78 is 15.0. The zero-order valence-corrected chi connectivity index (χ0v) is 18.2. The van der Waals surface area contributed by atoms with Crippen LogP contribution in [-0.4, -0.2) is 48.8 Å². The number of benzene rings is 1. The number of aromatic amines is 1. The van der Waals surface area contributed by atoms with Gasteiger partial charge >= 0.3 is 0 Å². The lowest BCUT2D eigenvalue weighted by Gasteiger charge is -2.44. The van der Waals surface area contributed by atoms with Crippen molar-refractivity contribution in [3.05, 3.63) is 64.5 Å². The summed E-state index contributed by atoms with van der Waals surface area (Å²) in [7, 11) is 1.54. The number of aromatic nitrogens is 4. The van der Waals surface area contributed by atoms with Crippen LogP contribution in [0.15, 0.2) is 30.6 Å². The predicted octanol–water partition coefficient (Wildman–Crippen LogP) is 1.06. The van der Waals surface area contributed by atoms with Crippen LogP contribution in [0, 0.1) is 24.1 Å². The molecule has 1 aromatic carbocycles. The molecule has 0 radical (unpaired) electrons. The first-order valence-corrected chi connectivity index (χ1v) is 10.2. The Morgan fingerprint density at radius 1 is 1.35 bits per heavy atom. The minimum absolute atomic E-state index is 0.0251. The molecule has 1 saturated carbocycles. The summed E-state index contributed by atoms with van der Waals surface area (Å²) in [6.07, 6.45) is 2.51. The smallest absolute Gasteiger partial charge is 0.293 e. The third-order valence-electron chi connectivity index (χ3n) is 5.87. The number of rotatable bonds is 6. The summed E-state index contributed by atoms with van der Waals surface area (Å²) in [5.74, 6) is -3.08. The van der Waals surface area contributed by atoms with Gasteiger partial charge in [0.15, 0.2) is 0 Å². The first-order chi connectivity index (χ1) is 16.1. The van der Waals surface area contributed by atoms with Gasteiger partial charge in [0.1, 0.15) is 23.3 Å². The Morgan fingerprint density at radius 2 is 2.09 bits per heavy atom. The van der Waals surface area contributed by atoms with Crippen LogP contribution < -0.4 is 10.6 Å². The van der Waals surface area contributed by atoms with Gasteiger partial charge in [-0.15, -0.1) is 0 Å². The topological polar surface area (TPSA) is 166 Å². The minimum atomic E-state index is -1.01. The van der Waals surface area contributed by atoms with Gasteiger partial charge in [0.05, 0.1) is 23.4 Å². The predicted molar refractivity (Wildman–Crippen MR) is 115 cm³/mol. The van der Waals surface area contributed by atoms with E-state index in [2.05, 4.69) is 26.0 Å². The SMILES string of the molecule is Cc1c(C(=O)C(=O)NC2(c3cn[nH]n3)CC(O)C2)cn(C)c1C(=O)Nc1ccc(F)c(C#N)c1. The van der Waals surface area contributed by atoms with Gasteiger partial charge in [-0.1, -0.05) is 0 Å². The van der Waals surface area contributed by atoms with Crippen molar-refractivity contribution < 1.29 is 23.9 Å². The molecule has 4 N–H and O–H groups in total. The maximum atomic E-state index is 13.5. The first-order valence-electron chi connectivity index (χ1n) is 10.2. The number of Topliss-reactive ketones (excluding diaryl/α,β-unsaturated/α-hetero) is 1. The highest BCUT2D eigenvalue weighted by atomic mass is 19.1. The van der Waals surface area contributed by atoms with E-state index >= 15 is 0 Å². The van der Waals surface area contributed by atoms with E-state index in [-0.39, 0.29) is 40.9 Å². The zero-order chi connectivity index (χ0) is 24.6. The van der Waals surface area contributed by atoms with Crippen molar-refractivity contribution in [2.45, 2.75) is 31.4 Å². The summed E-state index contributed by atoms with van der Waals surface area (Å²) in [6, 6.07) is 5.26. The largest absolute Gasteiger partial charge is 0.393 e. The lowest BCUT2D eigenvalue weighted by atomic mass is 9.72. The zero-order valence-electron chi connectivity index (χ0n) is 18.2. The summed E-state index contributed by atoms with van der Waals surface area (Å²) >= 11 is 0. The van der Waals surface area contributed by atoms with Crippen molar-refractivity contribution >= 4 is 23.3 Å². The summed E-state index contributed by atoms with van der Waals surface area (Å²) in [5, 5.41) is 34.1. The standard InChI is InChI=1S/C22H20FN7O4/c1-11-15(19(32)21(34)27-22(6-14(31)7-22)17-9-25-29-28-17)10-30(2)18(11)20(33)26-13-3-4-16(23)12(5-13)8-24/h3-5,9-10,14,31H,6-7H2,1-2H3,(H,26,33)(H,27,34)(H,25,28,29). The third-order valence-corrected chi connectivity index (χ3v) is 5.87. The quantitative estimate of drug-likeness (QED) is 0.312. The molecule has 0 unspecified atom stereocenters. The molecule has 0 bridgehead atoms. The second-order valence-electron chi connectivity index (χ2n) is 8.17. The fraction of sp³-hybridized carbons (Fsp3) is 0.273. The molecular formula is C22H20FN7O4. The summed E-state index contributed by atoms with van der Waals surface area (Å²) in [5.41, 5.74) is -0.222. The fourth-order valence-corrected chi connectivity index (χ4v) is 4.13. The van der Waals surface area contributed by atoms with Crippen LogP contribution in [0.3, 0.4) is 0 Å². The van der Waals surface area contributed by atoms with Crippen molar-refractivity contribution in [2.75, 3.05) is 5.32 Å². The third kappa shape index (κ3) is 3.93. The number of carbonyl (C=O) groups excluding carboxylic acids is 3. The molecule has 1 fully saturated rings. The molecular weight excluding hydrogens is 445 g/mol. The molecule has 0 aliphatic heterocycles. The second-order valence-corrected chi connectivity index (χ2v) is 8.17. The van der Waals surface area contributed by atoms with E-state index in [9.17, 15) is 23.9 Å². The monoisotopic (exact) mass is 465 g/mol. The van der Waals surface area contributed by atoms with E-state index in [1.165, 1.54) is 36.0 Å². The molecule has 34 heavy (non-hydrogen) atoms. The Hall–Kier alpha value is -4.37. The van der Waals surface area contributed by atoms with Crippen molar-refractivity contribution in [2.24, 2.45) is 7.05 Å². The normalized spacial score (nSPS) is 19.1. The number of amides is 2. The number of hydrogen-bond acceptors (Lipinski definition) is 7. The molecule has 1 aliphatic rings. The van der Waals surface area contributed by atoms with Crippen LogP contribution in [0.25, 0.3) is 0 Å². The summed E-state index contributed by atoms with van der Waals surface area (Å²) in [6.45, 7) is 1.53. The highest BCUT2D eigenvalue weighted by molar-refractivity contribution is 6.43. The van der Waals surface area contributed by atoms with E-state index in [4.69, 9.17) is 5.26 Å². The van der Waals surface area contributed by atoms with Crippen LogP contribution in [0.1, 0.15) is 50.5 Å². The summed E-state index contributed by atoms with van der Waals surface area (Å²) in [4.78, 5) is 38.6. The van der Waals surface area contributed by atoms with Crippen LogP contribution in [0.5, 0.6) is 0 Å². The van der Waals surface area contributed by atoms with Gasteiger partial charge < -0.3 is 20.3 Å². The molecule has 174 valence electrons. The number of aliphatic hydroxyl groups excluding tert-OH is 1. The van der Waals surface area contributed by atoms with Gasteiger partial charge in [-0.05, 0) is 30.7 Å².